The van der Waals surface area contributed by atoms with Crippen LogP contribution in [0, 0.1) is 0 Å². The van der Waals surface area contributed by atoms with Crippen molar-refractivity contribution in [3.8, 4) is 0 Å². The van der Waals surface area contributed by atoms with Crippen molar-refractivity contribution in [3.63, 3.8) is 0 Å². The van der Waals surface area contributed by atoms with Crippen LogP contribution < -0.4 is 49.6 Å². The van der Waals surface area contributed by atoms with Gasteiger partial charge in [-0.3, -0.25) is 0 Å². The van der Waals surface area contributed by atoms with Gasteiger partial charge in [0.25, 0.3) is 0 Å². The fraction of sp³-hybridized carbons (Fsp3) is 0. The molecule has 6 heavy (non-hydrogen) atoms. The largest absolute Gasteiger partial charge is 2.00 e. The van der Waals surface area contributed by atoms with E-state index in [9.17, 15) is 0 Å². The summed E-state index contributed by atoms with van der Waals surface area (Å²) in [4.78, 5) is 0. The first kappa shape index (κ1) is 66.7. The zero-order chi connectivity index (χ0) is 0. The average molecular weight is 382 g/mol. The molecule has 0 nitrogen and oxygen atoms in total. The first-order valence-corrected chi connectivity index (χ1v) is 0. The number of hydrogen-bond acceptors (Lipinski definition) is 0. The van der Waals surface area contributed by atoms with Crippen LogP contribution in [0.3, 0.4) is 0 Å². The Morgan fingerprint density at radius 2 is 0.500 bits per heavy atom. The maximum atomic E-state index is 0. The molecular formula is CdCl4Te. The molecule has 0 aromatic rings. The van der Waals surface area contributed by atoms with Crippen LogP contribution in [0.15, 0.2) is 0 Å². The Hall–Kier alpha value is 2.87. The molecule has 0 fully saturated rings. The molecule has 36 valence electrons. The van der Waals surface area contributed by atoms with E-state index >= 15 is 0 Å². The average Bonchev–Trinajstić information content (AvgIpc) is 0. The minimum Gasteiger partial charge on any atom is -1.00 e. The van der Waals surface area contributed by atoms with Crippen molar-refractivity contribution in [2.24, 2.45) is 0 Å². The van der Waals surface area contributed by atoms with Crippen LogP contribution in [0.4, 0.5) is 0 Å². The predicted octanol–water partition coefficient (Wildman–Crippen LogP) is -12.4. The summed E-state index contributed by atoms with van der Waals surface area (Å²) < 4.78 is 0. The quantitative estimate of drug-likeness (QED) is 0.366. The Morgan fingerprint density at radius 1 is 0.500 bits per heavy atom. The van der Waals surface area contributed by atoms with E-state index in [4.69, 9.17) is 0 Å². The molecule has 0 aliphatic heterocycles. The standard InChI is InChI=1S/Cd.4ClH.Te/h;4*1H;/q+2;;;;;+2/p-4. The molecule has 6 heteroatoms. The van der Waals surface area contributed by atoms with Crippen molar-refractivity contribution in [2.45, 2.75) is 0 Å². The minimum atomic E-state index is 0. The Morgan fingerprint density at radius 3 is 0.500 bits per heavy atom. The maximum absolute atomic E-state index is 0. The summed E-state index contributed by atoms with van der Waals surface area (Å²) in [7, 11) is 0. The van der Waals surface area contributed by atoms with Gasteiger partial charge in [-0.15, -0.1) is 0 Å². The summed E-state index contributed by atoms with van der Waals surface area (Å²) >= 11 is 0. The molecular weight excluding hydrogens is 382 g/mol. The number of halogens is 4. The molecule has 0 bridgehead atoms. The predicted molar refractivity (Wildman–Crippen MR) is 5.75 cm³/mol. The van der Waals surface area contributed by atoms with Crippen LogP contribution in [0.25, 0.3) is 0 Å². The molecule has 0 unspecified atom stereocenters. The van der Waals surface area contributed by atoms with E-state index in [1.165, 1.54) is 0 Å². The van der Waals surface area contributed by atoms with Gasteiger partial charge in [0.05, 0.1) is 0 Å². The molecule has 4 radical (unpaired) electrons. The van der Waals surface area contributed by atoms with Gasteiger partial charge in [-0.1, -0.05) is 0 Å². The molecule has 0 saturated carbocycles. The van der Waals surface area contributed by atoms with Crippen molar-refractivity contribution in [3.05, 3.63) is 0 Å². The van der Waals surface area contributed by atoms with Gasteiger partial charge < -0.3 is 49.6 Å². The SMILES string of the molecule is [Cd+2].[Cl-].[Cl-].[Cl-].[Cl-].[Te+2]. The first-order chi connectivity index (χ1) is 0. The summed E-state index contributed by atoms with van der Waals surface area (Å²) in [5.74, 6) is 0. The minimum absolute atomic E-state index is 0. The van der Waals surface area contributed by atoms with E-state index in [-0.39, 0.29) is 101 Å². The number of hydrogen-bond donors (Lipinski definition) is 0. The first-order valence-electron chi connectivity index (χ1n) is 0. The van der Waals surface area contributed by atoms with Gasteiger partial charge in [0.15, 0.2) is 0 Å². The molecule has 0 saturated heterocycles. The molecule has 0 aromatic carbocycles. The molecule has 0 N–H and O–H groups in total. The maximum Gasteiger partial charge on any atom is 2.00 e. The van der Waals surface area contributed by atoms with Gasteiger partial charge >= 0.3 is 51.0 Å². The zero-order valence-electron chi connectivity index (χ0n) is 2.63. The molecule has 0 rings (SSSR count). The van der Waals surface area contributed by atoms with Crippen molar-refractivity contribution in [1.29, 1.82) is 0 Å². The Labute approximate surface area is 99.1 Å². The third-order valence-corrected chi connectivity index (χ3v) is 0. The molecule has 0 atom stereocenters. The Bertz CT molecular complexity index is 7.51. The molecule has 0 aromatic heterocycles. The van der Waals surface area contributed by atoms with E-state index in [0.29, 0.717) is 0 Å². The summed E-state index contributed by atoms with van der Waals surface area (Å²) in [5.41, 5.74) is 0. The Balaban J connectivity index is 0. The summed E-state index contributed by atoms with van der Waals surface area (Å²) in [5, 5.41) is 0. The monoisotopic (exact) mass is 384 g/mol. The van der Waals surface area contributed by atoms with Gasteiger partial charge in [-0.05, 0) is 0 Å². The van der Waals surface area contributed by atoms with Crippen LogP contribution in [0.1, 0.15) is 0 Å². The van der Waals surface area contributed by atoms with E-state index in [1.807, 2.05) is 0 Å². The van der Waals surface area contributed by atoms with Crippen LogP contribution in [0.2, 0.25) is 0 Å². The molecule has 0 spiro atoms. The third kappa shape index (κ3) is 28.7. The molecule has 0 aliphatic rings. The van der Waals surface area contributed by atoms with Gasteiger partial charge in [0, 0.05) is 0 Å². The van der Waals surface area contributed by atoms with E-state index in [2.05, 4.69) is 0 Å². The van der Waals surface area contributed by atoms with Crippen molar-refractivity contribution >= 4 is 23.7 Å². The summed E-state index contributed by atoms with van der Waals surface area (Å²) in [6.07, 6.45) is 0. The fourth-order valence-corrected chi connectivity index (χ4v) is 0. The normalized spacial score (nSPS) is 0. The topological polar surface area (TPSA) is 0 Å². The second-order valence-corrected chi connectivity index (χ2v) is 0. The third-order valence-electron chi connectivity index (χ3n) is 0. The van der Waals surface area contributed by atoms with Gasteiger partial charge in [0.1, 0.15) is 0 Å². The van der Waals surface area contributed by atoms with Crippen LogP contribution >= 0.6 is 0 Å². The molecule has 0 aliphatic carbocycles. The summed E-state index contributed by atoms with van der Waals surface area (Å²) in [6, 6.07) is 0. The van der Waals surface area contributed by atoms with E-state index in [0.717, 1.165) is 0 Å². The van der Waals surface area contributed by atoms with Crippen molar-refractivity contribution in [2.75, 3.05) is 0 Å². The fourth-order valence-electron chi connectivity index (χ4n) is 0. The second kappa shape index (κ2) is 45.1. The van der Waals surface area contributed by atoms with Crippen molar-refractivity contribution in [1.82, 2.24) is 0 Å². The molecule has 0 heterocycles. The van der Waals surface area contributed by atoms with Crippen LogP contribution in [0.5, 0.6) is 0 Å². The van der Waals surface area contributed by atoms with Crippen LogP contribution in [-0.4, -0.2) is 23.7 Å². The second-order valence-electron chi connectivity index (χ2n) is 0. The van der Waals surface area contributed by atoms with E-state index in [1.54, 1.807) is 0 Å². The molecule has 0 amide bonds. The van der Waals surface area contributed by atoms with Crippen LogP contribution in [-0.2, 0) is 27.3 Å². The smallest absolute Gasteiger partial charge is 1.00 e. The van der Waals surface area contributed by atoms with Gasteiger partial charge in [0.2, 0.25) is 0 Å². The number of rotatable bonds is 0. The van der Waals surface area contributed by atoms with Gasteiger partial charge in [-0.25, -0.2) is 0 Å². The summed E-state index contributed by atoms with van der Waals surface area (Å²) in [6.45, 7) is 0. The van der Waals surface area contributed by atoms with Gasteiger partial charge in [-0.2, -0.15) is 0 Å². The zero-order valence-corrected chi connectivity index (χ0v) is 12.0. The van der Waals surface area contributed by atoms with Crippen molar-refractivity contribution < 1.29 is 76.9 Å². The van der Waals surface area contributed by atoms with E-state index < -0.39 is 0 Å². The Kier molecular flexibility index (Phi) is 501.